The van der Waals surface area contributed by atoms with Gasteiger partial charge in [-0.05, 0) is 38.8 Å². The molecule has 0 aromatic heterocycles. The average Bonchev–Trinajstić information content (AvgIpc) is 2.18. The van der Waals surface area contributed by atoms with E-state index in [-0.39, 0.29) is 11.8 Å². The van der Waals surface area contributed by atoms with E-state index < -0.39 is 5.60 Å². The van der Waals surface area contributed by atoms with Crippen molar-refractivity contribution in [3.05, 3.63) is 0 Å². The summed E-state index contributed by atoms with van der Waals surface area (Å²) in [4.78, 5) is 12.9. The molecule has 0 bridgehead atoms. The van der Waals surface area contributed by atoms with Gasteiger partial charge in [-0.3, -0.25) is 0 Å². The summed E-state index contributed by atoms with van der Waals surface area (Å²) >= 11 is 0. The lowest BCUT2D eigenvalue weighted by Gasteiger charge is -2.37. The maximum absolute atomic E-state index is 10.6. The van der Waals surface area contributed by atoms with Gasteiger partial charge in [0.15, 0.2) is 0 Å². The fraction of sp³-hybridized carbons (Fsp3) is 0.917. The molecule has 3 nitrogen and oxygen atoms in total. The van der Waals surface area contributed by atoms with Crippen molar-refractivity contribution < 1.29 is 9.90 Å². The van der Waals surface area contributed by atoms with Crippen LogP contribution >= 0.6 is 0 Å². The summed E-state index contributed by atoms with van der Waals surface area (Å²) in [6.45, 7) is 8.56. The highest BCUT2D eigenvalue weighted by Gasteiger charge is 2.29. The Bertz CT molecular complexity index is 206. The summed E-state index contributed by atoms with van der Waals surface area (Å²) in [6.07, 6.45) is 2.95. The zero-order chi connectivity index (χ0) is 11.5. The predicted octanol–water partition coefficient (Wildman–Crippen LogP) is 1.30. The van der Waals surface area contributed by atoms with Crippen LogP contribution in [-0.4, -0.2) is 41.5 Å². The first-order valence-electron chi connectivity index (χ1n) is 5.85. The molecule has 0 radical (unpaired) electrons. The average molecular weight is 213 g/mol. The molecule has 1 fully saturated rings. The molecule has 1 unspecified atom stereocenters. The number of hydrogen-bond acceptors (Lipinski definition) is 3. The van der Waals surface area contributed by atoms with E-state index in [4.69, 9.17) is 0 Å². The highest BCUT2D eigenvalue weighted by atomic mass is 16.3. The number of β-amino-alcohol motifs (C(OH)–C–C–N with tert-alkyl or cyclic N) is 1. The Hall–Kier alpha value is -0.410. The van der Waals surface area contributed by atoms with E-state index in [1.807, 2.05) is 20.8 Å². The van der Waals surface area contributed by atoms with Gasteiger partial charge in [-0.1, -0.05) is 13.8 Å². The van der Waals surface area contributed by atoms with Crippen LogP contribution in [0.3, 0.4) is 0 Å². The molecule has 1 aliphatic rings. The summed E-state index contributed by atoms with van der Waals surface area (Å²) in [5.74, 6) is 0.506. The van der Waals surface area contributed by atoms with Crippen LogP contribution in [0.15, 0.2) is 0 Å². The number of likely N-dealkylation sites (tertiary alicyclic amines) is 1. The third-order valence-corrected chi connectivity index (χ3v) is 3.61. The first-order chi connectivity index (χ1) is 6.95. The Labute approximate surface area is 92.5 Å². The van der Waals surface area contributed by atoms with Gasteiger partial charge in [0.25, 0.3) is 0 Å². The third kappa shape index (κ3) is 3.58. The zero-order valence-corrected chi connectivity index (χ0v) is 10.1. The maximum atomic E-state index is 10.6. The van der Waals surface area contributed by atoms with Gasteiger partial charge >= 0.3 is 0 Å². The minimum Gasteiger partial charge on any atom is -0.389 e. The van der Waals surface area contributed by atoms with Crippen molar-refractivity contribution >= 4 is 6.29 Å². The number of piperidine rings is 1. The molecule has 1 saturated heterocycles. The van der Waals surface area contributed by atoms with E-state index >= 15 is 0 Å². The minimum absolute atomic E-state index is 0.241. The first-order valence-corrected chi connectivity index (χ1v) is 5.85. The van der Waals surface area contributed by atoms with E-state index in [2.05, 4.69) is 4.90 Å². The number of hydrogen-bond donors (Lipinski definition) is 1. The molecule has 1 atom stereocenters. The van der Waals surface area contributed by atoms with Crippen LogP contribution < -0.4 is 0 Å². The second-order valence-corrected chi connectivity index (χ2v) is 5.26. The Morgan fingerprint density at radius 2 is 2.00 bits per heavy atom. The number of carbonyl (C=O) groups excluding carboxylic acids is 1. The second kappa shape index (κ2) is 5.08. The zero-order valence-electron chi connectivity index (χ0n) is 10.1. The van der Waals surface area contributed by atoms with E-state index in [0.717, 1.165) is 38.8 Å². The van der Waals surface area contributed by atoms with E-state index in [0.29, 0.717) is 0 Å². The van der Waals surface area contributed by atoms with Gasteiger partial charge in [0, 0.05) is 12.5 Å². The molecule has 3 heteroatoms. The summed E-state index contributed by atoms with van der Waals surface area (Å²) in [7, 11) is 0. The molecule has 1 rings (SSSR count). The highest BCUT2D eigenvalue weighted by Crippen LogP contribution is 2.21. The van der Waals surface area contributed by atoms with Crippen molar-refractivity contribution in [1.29, 1.82) is 0 Å². The summed E-state index contributed by atoms with van der Waals surface area (Å²) in [5.41, 5.74) is -0.617. The van der Waals surface area contributed by atoms with Crippen molar-refractivity contribution in [3.8, 4) is 0 Å². The Morgan fingerprint density at radius 1 is 1.47 bits per heavy atom. The van der Waals surface area contributed by atoms with Crippen molar-refractivity contribution in [2.75, 3.05) is 19.6 Å². The van der Waals surface area contributed by atoms with Crippen LogP contribution in [0.2, 0.25) is 0 Å². The molecule has 0 aliphatic carbocycles. The lowest BCUT2D eigenvalue weighted by molar-refractivity contribution is -0.112. The normalized spacial score (nSPS) is 24.1. The Balaban J connectivity index is 2.38. The van der Waals surface area contributed by atoms with Gasteiger partial charge in [-0.15, -0.1) is 0 Å². The van der Waals surface area contributed by atoms with Gasteiger partial charge in [-0.25, -0.2) is 0 Å². The van der Waals surface area contributed by atoms with Crippen LogP contribution in [0.4, 0.5) is 0 Å². The molecule has 1 aliphatic heterocycles. The molecule has 1 heterocycles. The number of nitrogens with zero attached hydrogens (tertiary/aromatic N) is 1. The Morgan fingerprint density at radius 3 is 2.40 bits per heavy atom. The predicted molar refractivity (Wildman–Crippen MR) is 60.7 cm³/mol. The number of aldehydes is 1. The fourth-order valence-electron chi connectivity index (χ4n) is 1.88. The first kappa shape index (κ1) is 12.7. The van der Waals surface area contributed by atoms with Gasteiger partial charge in [0.05, 0.1) is 5.60 Å². The molecule has 0 amide bonds. The molecule has 15 heavy (non-hydrogen) atoms. The topological polar surface area (TPSA) is 40.5 Å². The van der Waals surface area contributed by atoms with E-state index in [9.17, 15) is 9.90 Å². The van der Waals surface area contributed by atoms with Gasteiger partial charge in [-0.2, -0.15) is 0 Å². The molecule has 0 aromatic carbocycles. The van der Waals surface area contributed by atoms with Crippen LogP contribution in [0, 0.1) is 11.8 Å². The molecular formula is C12H23NO2. The van der Waals surface area contributed by atoms with Crippen molar-refractivity contribution in [2.45, 2.75) is 39.2 Å². The number of carbonyl (C=O) groups is 1. The van der Waals surface area contributed by atoms with Gasteiger partial charge < -0.3 is 14.8 Å². The van der Waals surface area contributed by atoms with Crippen LogP contribution in [-0.2, 0) is 4.79 Å². The molecule has 0 saturated carbocycles. The number of aliphatic hydroxyl groups is 1. The standard InChI is InChI=1S/C12H23NO2/c1-10(2)12(3,15)9-13-6-4-11(8-14)5-7-13/h8,10-11,15H,4-7,9H2,1-3H3. The molecule has 88 valence electrons. The fourth-order valence-corrected chi connectivity index (χ4v) is 1.88. The van der Waals surface area contributed by atoms with Gasteiger partial charge in [0.2, 0.25) is 0 Å². The molecule has 0 spiro atoms. The summed E-state index contributed by atoms with van der Waals surface area (Å²) in [5, 5.41) is 10.2. The molecular weight excluding hydrogens is 190 g/mol. The van der Waals surface area contributed by atoms with Crippen molar-refractivity contribution in [1.82, 2.24) is 4.90 Å². The highest BCUT2D eigenvalue weighted by molar-refractivity contribution is 5.53. The van der Waals surface area contributed by atoms with E-state index in [1.165, 1.54) is 0 Å². The maximum Gasteiger partial charge on any atom is 0.123 e. The van der Waals surface area contributed by atoms with Crippen LogP contribution in [0.5, 0.6) is 0 Å². The van der Waals surface area contributed by atoms with E-state index in [1.54, 1.807) is 0 Å². The molecule has 0 aromatic rings. The number of rotatable bonds is 4. The smallest absolute Gasteiger partial charge is 0.123 e. The van der Waals surface area contributed by atoms with Crippen molar-refractivity contribution in [2.24, 2.45) is 11.8 Å². The largest absolute Gasteiger partial charge is 0.389 e. The minimum atomic E-state index is -0.617. The summed E-state index contributed by atoms with van der Waals surface area (Å²) < 4.78 is 0. The summed E-state index contributed by atoms with van der Waals surface area (Å²) in [6, 6.07) is 0. The quantitative estimate of drug-likeness (QED) is 0.716. The lowest BCUT2D eigenvalue weighted by Crippen LogP contribution is -2.47. The van der Waals surface area contributed by atoms with Crippen LogP contribution in [0.1, 0.15) is 33.6 Å². The second-order valence-electron chi connectivity index (χ2n) is 5.26. The monoisotopic (exact) mass is 213 g/mol. The van der Waals surface area contributed by atoms with Crippen LogP contribution in [0.25, 0.3) is 0 Å². The third-order valence-electron chi connectivity index (χ3n) is 3.61. The molecule has 1 N–H and O–H groups in total. The Kier molecular flexibility index (Phi) is 4.29. The van der Waals surface area contributed by atoms with Crippen molar-refractivity contribution in [3.63, 3.8) is 0 Å². The lowest BCUT2D eigenvalue weighted by atomic mass is 9.90. The SMILES string of the molecule is CC(C)C(C)(O)CN1CCC(C=O)CC1. The van der Waals surface area contributed by atoms with Gasteiger partial charge in [0.1, 0.15) is 6.29 Å².